The second kappa shape index (κ2) is 5.72. The average Bonchev–Trinajstić information content (AvgIpc) is 2.83. The highest BCUT2D eigenvalue weighted by molar-refractivity contribution is 5.79. The van der Waals surface area contributed by atoms with Crippen LogP contribution < -0.4 is 0 Å². The molecule has 4 rings (SSSR count). The van der Waals surface area contributed by atoms with Crippen molar-refractivity contribution in [2.45, 2.75) is 71.3 Å². The van der Waals surface area contributed by atoms with Gasteiger partial charge in [0.2, 0.25) is 0 Å². The Morgan fingerprint density at radius 1 is 1.17 bits per heavy atom. The largest absolute Gasteiger partial charge is 0.393 e. The van der Waals surface area contributed by atoms with Gasteiger partial charge in [-0.1, -0.05) is 19.1 Å². The first-order valence-electron chi connectivity index (χ1n) is 9.87. The molecular weight excluding hydrogens is 284 g/mol. The normalized spacial score (nSPS) is 53.0. The minimum atomic E-state index is -0.0923. The third kappa shape index (κ3) is 2.35. The van der Waals surface area contributed by atoms with Crippen molar-refractivity contribution in [3.63, 3.8) is 0 Å². The van der Waals surface area contributed by atoms with Crippen LogP contribution in [0.15, 0.2) is 12.2 Å². The van der Waals surface area contributed by atoms with Gasteiger partial charge in [-0.2, -0.15) is 0 Å². The summed E-state index contributed by atoms with van der Waals surface area (Å²) in [6.07, 6.45) is 13.3. The van der Waals surface area contributed by atoms with E-state index in [0.717, 1.165) is 43.4 Å². The maximum Gasteiger partial charge on any atom is 0.133 e. The van der Waals surface area contributed by atoms with Crippen LogP contribution in [0.4, 0.5) is 0 Å². The highest BCUT2D eigenvalue weighted by Gasteiger charge is 2.58. The number of fused-ring (bicyclic) bond motifs is 5. The predicted octanol–water partition coefficient (Wildman–Crippen LogP) is 4.37. The molecule has 0 aromatic carbocycles. The number of allylic oxidation sites excluding steroid dienone is 2. The van der Waals surface area contributed by atoms with Gasteiger partial charge in [0.25, 0.3) is 0 Å². The number of carbonyl (C=O) groups excluding carboxylic acids is 1. The fourth-order valence-corrected chi connectivity index (χ4v) is 7.20. The first kappa shape index (κ1) is 15.9. The number of hydrogen-bond donors (Lipinski definition) is 1. The number of Topliss-reactive ketones (excluding diaryl/α,β-unsaturated/α-hetero) is 1. The van der Waals surface area contributed by atoms with Crippen LogP contribution in [0.1, 0.15) is 65.2 Å². The SMILES string of the molecule is C/C=C/[C@@H]1C[C@H]2CC(=O)CCC2[C@H]2CC[C@]3(C)[C@@H](O)CC[C@H]3[C@H]12. The highest BCUT2D eigenvalue weighted by atomic mass is 16.3. The van der Waals surface area contributed by atoms with Gasteiger partial charge in [-0.05, 0) is 86.4 Å². The molecular formula is C21H32O2. The minimum absolute atomic E-state index is 0.0923. The van der Waals surface area contributed by atoms with Gasteiger partial charge in [-0.15, -0.1) is 0 Å². The summed E-state index contributed by atoms with van der Waals surface area (Å²) < 4.78 is 0. The van der Waals surface area contributed by atoms with E-state index in [4.69, 9.17) is 0 Å². The lowest BCUT2D eigenvalue weighted by Crippen LogP contribution is -2.52. The molecule has 1 unspecified atom stereocenters. The topological polar surface area (TPSA) is 37.3 Å². The average molecular weight is 316 g/mol. The van der Waals surface area contributed by atoms with Crippen molar-refractivity contribution in [3.05, 3.63) is 12.2 Å². The van der Waals surface area contributed by atoms with E-state index in [2.05, 4.69) is 26.0 Å². The van der Waals surface area contributed by atoms with E-state index in [-0.39, 0.29) is 11.5 Å². The molecule has 0 aromatic heterocycles. The molecule has 0 aliphatic heterocycles. The summed E-state index contributed by atoms with van der Waals surface area (Å²) in [4.78, 5) is 12.0. The molecule has 0 heterocycles. The van der Waals surface area contributed by atoms with Crippen LogP contribution in [0, 0.1) is 40.9 Å². The van der Waals surface area contributed by atoms with Crippen LogP contribution in [-0.2, 0) is 4.79 Å². The van der Waals surface area contributed by atoms with E-state index in [9.17, 15) is 9.90 Å². The van der Waals surface area contributed by atoms with Gasteiger partial charge < -0.3 is 5.11 Å². The van der Waals surface area contributed by atoms with Crippen LogP contribution >= 0.6 is 0 Å². The maximum absolute atomic E-state index is 12.0. The standard InChI is InChI=1S/C21H32O2/c1-3-4-13-11-14-12-15(22)5-6-16(14)17-9-10-21(2)18(20(13)17)7-8-19(21)23/h3-4,13-14,16-20,23H,5-12H2,1-2H3/b4-3+/t13-,14+,16?,17-,18+,19+,20-,21+/m1/s1. The van der Waals surface area contributed by atoms with E-state index in [0.29, 0.717) is 23.5 Å². The monoisotopic (exact) mass is 316 g/mol. The van der Waals surface area contributed by atoms with Crippen LogP contribution in [0.5, 0.6) is 0 Å². The van der Waals surface area contributed by atoms with Gasteiger partial charge in [0.1, 0.15) is 5.78 Å². The molecule has 0 spiro atoms. The van der Waals surface area contributed by atoms with E-state index in [1.807, 2.05) is 0 Å². The molecule has 0 bridgehead atoms. The smallest absolute Gasteiger partial charge is 0.133 e. The molecule has 2 nitrogen and oxygen atoms in total. The van der Waals surface area contributed by atoms with Crippen LogP contribution in [-0.4, -0.2) is 17.0 Å². The maximum atomic E-state index is 12.0. The number of aliphatic hydroxyl groups excluding tert-OH is 1. The molecule has 0 amide bonds. The number of aliphatic hydroxyl groups is 1. The number of rotatable bonds is 1. The van der Waals surface area contributed by atoms with E-state index in [1.165, 1.54) is 25.7 Å². The minimum Gasteiger partial charge on any atom is -0.393 e. The second-order valence-corrected chi connectivity index (χ2v) is 9.12. The third-order valence-corrected chi connectivity index (χ3v) is 8.25. The van der Waals surface area contributed by atoms with Gasteiger partial charge in [0.05, 0.1) is 6.10 Å². The van der Waals surface area contributed by atoms with Gasteiger partial charge in [-0.3, -0.25) is 4.79 Å². The molecule has 1 N–H and O–H groups in total. The molecule has 4 aliphatic rings. The Morgan fingerprint density at radius 2 is 2.00 bits per heavy atom. The van der Waals surface area contributed by atoms with Crippen molar-refractivity contribution in [1.29, 1.82) is 0 Å². The van der Waals surface area contributed by atoms with E-state index in [1.54, 1.807) is 0 Å². The lowest BCUT2D eigenvalue weighted by molar-refractivity contribution is -0.131. The molecule has 4 saturated carbocycles. The summed E-state index contributed by atoms with van der Waals surface area (Å²) in [5, 5.41) is 10.6. The van der Waals surface area contributed by atoms with Crippen molar-refractivity contribution in [3.8, 4) is 0 Å². The molecule has 0 aromatic rings. The zero-order valence-corrected chi connectivity index (χ0v) is 14.7. The highest BCUT2D eigenvalue weighted by Crippen LogP contribution is 2.63. The van der Waals surface area contributed by atoms with E-state index < -0.39 is 0 Å². The molecule has 2 heteroatoms. The predicted molar refractivity (Wildman–Crippen MR) is 91.8 cm³/mol. The van der Waals surface area contributed by atoms with Crippen LogP contribution in [0.2, 0.25) is 0 Å². The number of carbonyl (C=O) groups is 1. The van der Waals surface area contributed by atoms with Crippen molar-refractivity contribution in [1.82, 2.24) is 0 Å². The summed E-state index contributed by atoms with van der Waals surface area (Å²) in [6.45, 7) is 4.49. The Balaban J connectivity index is 1.67. The summed E-state index contributed by atoms with van der Waals surface area (Å²) in [5.74, 6) is 4.78. The molecule has 4 aliphatic carbocycles. The van der Waals surface area contributed by atoms with Crippen molar-refractivity contribution >= 4 is 5.78 Å². The molecule has 0 radical (unpaired) electrons. The Labute approximate surface area is 140 Å². The number of ketones is 1. The molecule has 4 fully saturated rings. The Morgan fingerprint density at radius 3 is 2.78 bits per heavy atom. The van der Waals surface area contributed by atoms with Gasteiger partial charge >= 0.3 is 0 Å². The first-order chi connectivity index (χ1) is 11.0. The molecule has 0 saturated heterocycles. The third-order valence-electron chi connectivity index (χ3n) is 8.25. The van der Waals surface area contributed by atoms with Crippen LogP contribution in [0.25, 0.3) is 0 Å². The lowest BCUT2D eigenvalue weighted by atomic mass is 9.47. The van der Waals surface area contributed by atoms with Crippen molar-refractivity contribution in [2.24, 2.45) is 40.9 Å². The number of hydrogen-bond acceptors (Lipinski definition) is 2. The fourth-order valence-electron chi connectivity index (χ4n) is 7.20. The Hall–Kier alpha value is -0.630. The van der Waals surface area contributed by atoms with Crippen LogP contribution in [0.3, 0.4) is 0 Å². The lowest BCUT2D eigenvalue weighted by Gasteiger charge is -2.57. The zero-order chi connectivity index (χ0) is 16.2. The van der Waals surface area contributed by atoms with Gasteiger partial charge in [0.15, 0.2) is 0 Å². The molecule has 128 valence electrons. The van der Waals surface area contributed by atoms with E-state index >= 15 is 0 Å². The molecule has 23 heavy (non-hydrogen) atoms. The first-order valence-corrected chi connectivity index (χ1v) is 9.87. The molecule has 8 atom stereocenters. The Bertz CT molecular complexity index is 510. The van der Waals surface area contributed by atoms with Gasteiger partial charge in [-0.25, -0.2) is 0 Å². The Kier molecular flexibility index (Phi) is 3.95. The van der Waals surface area contributed by atoms with Gasteiger partial charge in [0, 0.05) is 12.8 Å². The second-order valence-electron chi connectivity index (χ2n) is 9.12. The summed E-state index contributed by atoms with van der Waals surface area (Å²) >= 11 is 0. The summed E-state index contributed by atoms with van der Waals surface area (Å²) in [5.41, 5.74) is 0.151. The summed E-state index contributed by atoms with van der Waals surface area (Å²) in [7, 11) is 0. The fraction of sp³-hybridized carbons (Fsp3) is 0.857. The zero-order valence-electron chi connectivity index (χ0n) is 14.7. The quantitative estimate of drug-likeness (QED) is 0.729. The van der Waals surface area contributed by atoms with Crippen molar-refractivity contribution in [2.75, 3.05) is 0 Å². The summed E-state index contributed by atoms with van der Waals surface area (Å²) in [6, 6.07) is 0. The van der Waals surface area contributed by atoms with Crippen molar-refractivity contribution < 1.29 is 9.90 Å².